The van der Waals surface area contributed by atoms with Gasteiger partial charge in [-0.3, -0.25) is 0 Å². The van der Waals surface area contributed by atoms with E-state index in [1.807, 2.05) is 31.4 Å². The SMILES string of the molecule is CSc1nc(Nc2ccc(C(F)(F)F)cc2)c2nc(Nc3c(C)cccc3I)sc2n1. The second kappa shape index (κ2) is 8.79. The Morgan fingerprint density at radius 3 is 2.39 bits per heavy atom. The Hall–Kier alpha value is -2.12. The van der Waals surface area contributed by atoms with Crippen LogP contribution in [0.2, 0.25) is 0 Å². The second-order valence-corrected chi connectivity index (χ2v) is 9.40. The minimum Gasteiger partial charge on any atom is -0.338 e. The van der Waals surface area contributed by atoms with Gasteiger partial charge in [0.25, 0.3) is 0 Å². The molecule has 0 spiro atoms. The third-order valence-corrected chi connectivity index (χ3v) is 6.66. The average molecular weight is 573 g/mol. The Kier molecular flexibility index (Phi) is 6.26. The van der Waals surface area contributed by atoms with Gasteiger partial charge in [0.05, 0.1) is 11.3 Å². The quantitative estimate of drug-likeness (QED) is 0.149. The number of hydrogen-bond acceptors (Lipinski definition) is 7. The lowest BCUT2D eigenvalue weighted by Crippen LogP contribution is -2.04. The first-order chi connectivity index (χ1) is 14.7. The van der Waals surface area contributed by atoms with E-state index in [1.165, 1.54) is 35.2 Å². The normalized spacial score (nSPS) is 11.7. The van der Waals surface area contributed by atoms with Crippen molar-refractivity contribution in [2.45, 2.75) is 18.3 Å². The maximum atomic E-state index is 12.8. The summed E-state index contributed by atoms with van der Waals surface area (Å²) in [6.45, 7) is 2.01. The first-order valence-corrected chi connectivity index (χ1v) is 12.1. The highest BCUT2D eigenvalue weighted by atomic mass is 127. The zero-order valence-corrected chi connectivity index (χ0v) is 20.0. The van der Waals surface area contributed by atoms with Crippen LogP contribution in [0.15, 0.2) is 47.6 Å². The third-order valence-electron chi connectivity index (χ3n) is 4.35. The molecule has 2 heterocycles. The number of rotatable bonds is 5. The molecule has 4 aromatic rings. The summed E-state index contributed by atoms with van der Waals surface area (Å²) in [7, 11) is 0. The highest BCUT2D eigenvalue weighted by Crippen LogP contribution is 2.35. The number of thiazole rings is 1. The Bertz CT molecular complexity index is 1220. The Labute approximate surface area is 198 Å². The van der Waals surface area contributed by atoms with Gasteiger partial charge in [-0.1, -0.05) is 35.2 Å². The number of anilines is 4. The molecule has 0 aliphatic rings. The minimum absolute atomic E-state index is 0.442. The second-order valence-electron chi connectivity index (χ2n) is 6.49. The van der Waals surface area contributed by atoms with E-state index < -0.39 is 11.7 Å². The van der Waals surface area contributed by atoms with Crippen LogP contribution in [0.5, 0.6) is 0 Å². The summed E-state index contributed by atoms with van der Waals surface area (Å²) >= 11 is 5.03. The summed E-state index contributed by atoms with van der Waals surface area (Å²) in [5.74, 6) is 0.442. The van der Waals surface area contributed by atoms with Crippen LogP contribution in [0.25, 0.3) is 10.3 Å². The smallest absolute Gasteiger partial charge is 0.338 e. The van der Waals surface area contributed by atoms with Gasteiger partial charge < -0.3 is 10.6 Å². The number of alkyl halides is 3. The fourth-order valence-corrected chi connectivity index (χ4v) is 4.85. The molecule has 0 radical (unpaired) electrons. The molecule has 0 saturated heterocycles. The standard InChI is InChI=1S/C20H15F3IN5S2/c1-10-4-3-5-13(24)14(10)26-19-27-15-16(28-18(30-2)29-17(15)31-19)25-12-8-6-11(7-9-12)20(21,22)23/h3-9H,1-2H3,(H,26,27)(H,25,28,29). The van der Waals surface area contributed by atoms with E-state index >= 15 is 0 Å². The fraction of sp³-hybridized carbons (Fsp3) is 0.150. The number of thioether (sulfide) groups is 1. The maximum absolute atomic E-state index is 12.8. The van der Waals surface area contributed by atoms with Crippen LogP contribution in [-0.2, 0) is 6.18 Å². The van der Waals surface area contributed by atoms with Gasteiger partial charge in [-0.05, 0) is 71.7 Å². The predicted octanol–water partition coefficient (Wildman–Crippen LogP) is 7.23. The number of aromatic nitrogens is 3. The van der Waals surface area contributed by atoms with Crippen LogP contribution in [0.4, 0.5) is 35.5 Å². The van der Waals surface area contributed by atoms with Crippen molar-refractivity contribution in [3.8, 4) is 0 Å². The molecule has 11 heteroatoms. The molecule has 0 aliphatic carbocycles. The average Bonchev–Trinajstić information content (AvgIpc) is 3.13. The lowest BCUT2D eigenvalue weighted by atomic mass is 10.2. The summed E-state index contributed by atoms with van der Waals surface area (Å²) in [4.78, 5) is 14.3. The Balaban J connectivity index is 1.70. The number of halogens is 4. The van der Waals surface area contributed by atoms with Crippen molar-refractivity contribution in [2.75, 3.05) is 16.9 Å². The summed E-state index contributed by atoms with van der Waals surface area (Å²) < 4.78 is 39.6. The van der Waals surface area contributed by atoms with Gasteiger partial charge in [0.15, 0.2) is 20.9 Å². The Morgan fingerprint density at radius 1 is 1.00 bits per heavy atom. The van der Waals surface area contributed by atoms with E-state index in [9.17, 15) is 13.2 Å². The molecule has 5 nitrogen and oxygen atoms in total. The van der Waals surface area contributed by atoms with Crippen molar-refractivity contribution in [1.29, 1.82) is 0 Å². The van der Waals surface area contributed by atoms with Gasteiger partial charge in [0.2, 0.25) is 0 Å². The van der Waals surface area contributed by atoms with Crippen LogP contribution in [0.3, 0.4) is 0 Å². The number of benzene rings is 2. The summed E-state index contributed by atoms with van der Waals surface area (Å²) in [5, 5.41) is 7.64. The minimum atomic E-state index is -4.38. The molecule has 2 N–H and O–H groups in total. The van der Waals surface area contributed by atoms with E-state index in [2.05, 4.69) is 48.2 Å². The summed E-state index contributed by atoms with van der Waals surface area (Å²) in [5.41, 5.74) is 2.39. The molecule has 0 amide bonds. The number of fused-ring (bicyclic) bond motifs is 1. The lowest BCUT2D eigenvalue weighted by Gasteiger charge is -2.10. The number of para-hydroxylation sites is 1. The van der Waals surface area contributed by atoms with E-state index in [-0.39, 0.29) is 0 Å². The van der Waals surface area contributed by atoms with Crippen molar-refractivity contribution in [2.24, 2.45) is 0 Å². The van der Waals surface area contributed by atoms with Crippen LogP contribution >= 0.6 is 45.7 Å². The van der Waals surface area contributed by atoms with Gasteiger partial charge in [0, 0.05) is 9.26 Å². The number of nitrogens with zero attached hydrogens (tertiary/aromatic N) is 3. The van der Waals surface area contributed by atoms with Crippen molar-refractivity contribution in [3.05, 3.63) is 57.2 Å². The van der Waals surface area contributed by atoms with Crippen molar-refractivity contribution >= 4 is 78.4 Å². The van der Waals surface area contributed by atoms with Crippen LogP contribution in [0.1, 0.15) is 11.1 Å². The molecule has 4 rings (SSSR count). The molecule has 0 saturated carbocycles. The predicted molar refractivity (Wildman–Crippen MR) is 129 cm³/mol. The first kappa shape index (κ1) is 22.1. The van der Waals surface area contributed by atoms with Crippen molar-refractivity contribution in [3.63, 3.8) is 0 Å². The van der Waals surface area contributed by atoms with Crippen LogP contribution < -0.4 is 10.6 Å². The van der Waals surface area contributed by atoms with Crippen LogP contribution in [-0.4, -0.2) is 21.2 Å². The lowest BCUT2D eigenvalue weighted by molar-refractivity contribution is -0.137. The fourth-order valence-electron chi connectivity index (χ4n) is 2.81. The molecule has 31 heavy (non-hydrogen) atoms. The molecule has 160 valence electrons. The molecule has 0 atom stereocenters. The molecule has 0 unspecified atom stereocenters. The molecule has 2 aromatic carbocycles. The molecular weight excluding hydrogens is 558 g/mol. The maximum Gasteiger partial charge on any atom is 0.416 e. The number of aryl methyl sites for hydroxylation is 1. The molecule has 0 fully saturated rings. The van der Waals surface area contributed by atoms with Gasteiger partial charge in [-0.2, -0.15) is 13.2 Å². The number of nitrogens with one attached hydrogen (secondary N) is 2. The van der Waals surface area contributed by atoms with E-state index in [0.29, 0.717) is 32.1 Å². The third kappa shape index (κ3) is 4.88. The van der Waals surface area contributed by atoms with Gasteiger partial charge >= 0.3 is 6.18 Å². The zero-order valence-electron chi connectivity index (χ0n) is 16.2. The summed E-state index contributed by atoms with van der Waals surface area (Å²) in [6, 6.07) is 10.8. The first-order valence-electron chi connectivity index (χ1n) is 8.93. The van der Waals surface area contributed by atoms with Gasteiger partial charge in [-0.25, -0.2) is 15.0 Å². The molecule has 0 aliphatic heterocycles. The van der Waals surface area contributed by atoms with E-state index in [4.69, 9.17) is 0 Å². The largest absolute Gasteiger partial charge is 0.416 e. The summed E-state index contributed by atoms with van der Waals surface area (Å²) in [6.07, 6.45) is -2.52. The Morgan fingerprint density at radius 2 is 1.74 bits per heavy atom. The monoisotopic (exact) mass is 573 g/mol. The van der Waals surface area contributed by atoms with Crippen molar-refractivity contribution < 1.29 is 13.2 Å². The molecule has 0 bridgehead atoms. The van der Waals surface area contributed by atoms with Crippen LogP contribution in [0, 0.1) is 10.5 Å². The van der Waals surface area contributed by atoms with Gasteiger partial charge in [-0.15, -0.1) is 0 Å². The number of hydrogen-bond donors (Lipinski definition) is 2. The van der Waals surface area contributed by atoms with E-state index in [0.717, 1.165) is 27.0 Å². The highest BCUT2D eigenvalue weighted by molar-refractivity contribution is 14.1. The zero-order chi connectivity index (χ0) is 22.2. The van der Waals surface area contributed by atoms with Gasteiger partial charge in [0.1, 0.15) is 5.52 Å². The van der Waals surface area contributed by atoms with E-state index in [1.54, 1.807) is 0 Å². The topological polar surface area (TPSA) is 62.7 Å². The molecular formula is C20H15F3IN5S2. The molecule has 2 aromatic heterocycles. The highest BCUT2D eigenvalue weighted by Gasteiger charge is 2.30. The van der Waals surface area contributed by atoms with Crippen molar-refractivity contribution in [1.82, 2.24) is 15.0 Å².